The number of nitriles is 1. The first-order valence-corrected chi connectivity index (χ1v) is 8.49. The van der Waals surface area contributed by atoms with Crippen LogP contribution in [0.15, 0.2) is 35.6 Å². The number of fused-ring (bicyclic) bond motifs is 1. The van der Waals surface area contributed by atoms with Crippen LogP contribution in [-0.2, 0) is 7.05 Å². The highest BCUT2D eigenvalue weighted by Gasteiger charge is 2.20. The van der Waals surface area contributed by atoms with Gasteiger partial charge in [0.25, 0.3) is 0 Å². The van der Waals surface area contributed by atoms with Crippen LogP contribution in [-0.4, -0.2) is 30.9 Å². The largest absolute Gasteiger partial charge is 0.504 e. The Labute approximate surface area is 147 Å². The van der Waals surface area contributed by atoms with Crippen LogP contribution >= 0.6 is 23.4 Å². The Bertz CT molecular complexity index is 1010. The maximum Gasteiger partial charge on any atom is 0.188 e. The van der Waals surface area contributed by atoms with E-state index in [9.17, 15) is 10.4 Å². The minimum absolute atomic E-state index is 0.00125. The summed E-state index contributed by atoms with van der Waals surface area (Å²) >= 11 is 7.40. The lowest BCUT2D eigenvalue weighted by Crippen LogP contribution is -2.02. The van der Waals surface area contributed by atoms with Crippen LogP contribution in [0.5, 0.6) is 0 Å². The van der Waals surface area contributed by atoms with Gasteiger partial charge in [-0.3, -0.25) is 0 Å². The Balaban J connectivity index is 2.25. The van der Waals surface area contributed by atoms with Crippen molar-refractivity contribution in [1.82, 2.24) is 19.5 Å². The van der Waals surface area contributed by atoms with Gasteiger partial charge in [-0.2, -0.15) is 5.26 Å². The molecule has 0 aliphatic carbocycles. The molecule has 120 valence electrons. The highest BCUT2D eigenvalue weighted by molar-refractivity contribution is 7.98. The smallest absolute Gasteiger partial charge is 0.188 e. The van der Waals surface area contributed by atoms with Crippen LogP contribution in [0.1, 0.15) is 11.5 Å². The highest BCUT2D eigenvalue weighted by atomic mass is 35.5. The summed E-state index contributed by atoms with van der Waals surface area (Å²) in [4.78, 5) is 12.7. The number of aromatic nitrogens is 4. The second-order valence-electron chi connectivity index (χ2n) is 4.87. The van der Waals surface area contributed by atoms with Crippen molar-refractivity contribution in [2.45, 2.75) is 5.16 Å². The fraction of sp³-hybridized carbons (Fsp3) is 0.125. The van der Waals surface area contributed by atoms with Gasteiger partial charge in [0.05, 0.1) is 22.3 Å². The lowest BCUT2D eigenvalue weighted by Gasteiger charge is -2.07. The fourth-order valence-corrected chi connectivity index (χ4v) is 2.83. The molecule has 0 saturated carbocycles. The Morgan fingerprint density at radius 2 is 2.08 bits per heavy atom. The van der Waals surface area contributed by atoms with Crippen LogP contribution in [0.25, 0.3) is 22.4 Å². The van der Waals surface area contributed by atoms with Gasteiger partial charge < -0.3 is 9.67 Å². The molecule has 0 spiro atoms. The Kier molecular flexibility index (Phi) is 4.42. The third-order valence-electron chi connectivity index (χ3n) is 3.49. The number of hydrogen-bond donors (Lipinski definition) is 1. The SMILES string of the molecule is CSc1ncc(Cl)c(/C(O)=C(\C#N)c2nc3ccccc3n2C)n1. The minimum atomic E-state index is -0.321. The van der Waals surface area contributed by atoms with Gasteiger partial charge in [0, 0.05) is 7.05 Å². The van der Waals surface area contributed by atoms with E-state index in [4.69, 9.17) is 11.6 Å². The number of allylic oxidation sites excluding steroid dienone is 1. The number of aliphatic hydroxyl groups excluding tert-OH is 1. The fourth-order valence-electron chi connectivity index (χ4n) is 2.31. The summed E-state index contributed by atoms with van der Waals surface area (Å²) < 4.78 is 1.74. The zero-order valence-corrected chi connectivity index (χ0v) is 14.4. The second-order valence-corrected chi connectivity index (χ2v) is 6.05. The number of aryl methyl sites for hydroxylation is 1. The van der Waals surface area contributed by atoms with Crippen molar-refractivity contribution < 1.29 is 5.11 Å². The van der Waals surface area contributed by atoms with E-state index >= 15 is 0 Å². The van der Waals surface area contributed by atoms with Crippen molar-refractivity contribution in [2.75, 3.05) is 6.26 Å². The molecule has 1 N–H and O–H groups in total. The summed E-state index contributed by atoms with van der Waals surface area (Å²) in [6.45, 7) is 0. The zero-order valence-electron chi connectivity index (χ0n) is 12.9. The van der Waals surface area contributed by atoms with E-state index in [0.717, 1.165) is 11.0 Å². The van der Waals surface area contributed by atoms with Gasteiger partial charge in [0.2, 0.25) is 0 Å². The maximum atomic E-state index is 10.6. The van der Waals surface area contributed by atoms with E-state index in [2.05, 4.69) is 15.0 Å². The molecule has 2 aromatic heterocycles. The van der Waals surface area contributed by atoms with Gasteiger partial charge in [0.15, 0.2) is 16.7 Å². The predicted molar refractivity (Wildman–Crippen MR) is 94.6 cm³/mol. The van der Waals surface area contributed by atoms with Gasteiger partial charge in [-0.05, 0) is 18.4 Å². The second kappa shape index (κ2) is 6.51. The third kappa shape index (κ3) is 2.70. The number of imidazole rings is 1. The molecule has 0 unspecified atom stereocenters. The van der Waals surface area contributed by atoms with Crippen LogP contribution in [0.4, 0.5) is 0 Å². The molecule has 1 aromatic carbocycles. The van der Waals surface area contributed by atoms with Gasteiger partial charge >= 0.3 is 0 Å². The van der Waals surface area contributed by atoms with Gasteiger partial charge in [0.1, 0.15) is 17.3 Å². The molecule has 3 rings (SSSR count). The number of aliphatic hydroxyl groups is 1. The predicted octanol–water partition coefficient (Wildman–Crippen LogP) is 3.69. The monoisotopic (exact) mass is 357 g/mol. The molecule has 0 atom stereocenters. The lowest BCUT2D eigenvalue weighted by molar-refractivity contribution is 0.509. The number of rotatable bonds is 3. The van der Waals surface area contributed by atoms with Crippen LogP contribution in [0.2, 0.25) is 5.02 Å². The summed E-state index contributed by atoms with van der Waals surface area (Å²) in [6, 6.07) is 9.48. The summed E-state index contributed by atoms with van der Waals surface area (Å²) in [5, 5.41) is 20.8. The molecular weight excluding hydrogens is 346 g/mol. The third-order valence-corrected chi connectivity index (χ3v) is 4.33. The summed E-state index contributed by atoms with van der Waals surface area (Å²) in [5.74, 6) is 0.0233. The first-order valence-electron chi connectivity index (χ1n) is 6.89. The van der Waals surface area contributed by atoms with Gasteiger partial charge in [-0.15, -0.1) is 0 Å². The van der Waals surface area contributed by atoms with Crippen molar-refractivity contribution >= 4 is 45.7 Å². The van der Waals surface area contributed by atoms with E-state index < -0.39 is 0 Å². The van der Waals surface area contributed by atoms with Gasteiger partial charge in [-0.1, -0.05) is 35.5 Å². The Hall–Kier alpha value is -2.56. The summed E-state index contributed by atoms with van der Waals surface area (Å²) in [5.41, 5.74) is 1.70. The molecule has 0 aliphatic heterocycles. The van der Waals surface area contributed by atoms with E-state index in [1.165, 1.54) is 18.0 Å². The number of benzene rings is 1. The van der Waals surface area contributed by atoms with Crippen molar-refractivity contribution in [3.8, 4) is 6.07 Å². The quantitative estimate of drug-likeness (QED) is 0.333. The van der Waals surface area contributed by atoms with E-state index in [-0.39, 0.29) is 22.0 Å². The minimum Gasteiger partial charge on any atom is -0.504 e. The lowest BCUT2D eigenvalue weighted by atomic mass is 10.2. The molecule has 0 fully saturated rings. The zero-order chi connectivity index (χ0) is 17.3. The normalized spacial score (nSPS) is 12.1. The first-order chi connectivity index (χ1) is 11.6. The molecule has 2 heterocycles. The Morgan fingerprint density at radius 1 is 1.33 bits per heavy atom. The van der Waals surface area contributed by atoms with Crippen LogP contribution in [0, 0.1) is 11.3 Å². The Morgan fingerprint density at radius 3 is 2.75 bits per heavy atom. The summed E-state index contributed by atoms with van der Waals surface area (Å²) in [7, 11) is 1.78. The number of halogens is 1. The number of thioether (sulfide) groups is 1. The van der Waals surface area contributed by atoms with E-state index in [1.807, 2.05) is 36.6 Å². The standard InChI is InChI=1S/C16H12ClN5OS/c1-22-12-6-4-3-5-11(12)20-15(22)9(7-18)14(23)13-10(17)8-19-16(21-13)24-2/h3-6,8,23H,1-2H3/b14-9-. The molecule has 24 heavy (non-hydrogen) atoms. The number of nitrogens with zero attached hydrogens (tertiary/aromatic N) is 5. The molecule has 0 aliphatic rings. The average Bonchev–Trinajstić information content (AvgIpc) is 2.93. The van der Waals surface area contributed by atoms with E-state index in [0.29, 0.717) is 11.0 Å². The van der Waals surface area contributed by atoms with Crippen LogP contribution in [0.3, 0.4) is 0 Å². The maximum absolute atomic E-state index is 10.6. The molecule has 0 amide bonds. The van der Waals surface area contributed by atoms with Crippen molar-refractivity contribution in [1.29, 1.82) is 5.26 Å². The average molecular weight is 358 g/mol. The molecule has 6 nitrogen and oxygen atoms in total. The van der Waals surface area contributed by atoms with Crippen molar-refractivity contribution in [3.05, 3.63) is 47.0 Å². The number of hydrogen-bond acceptors (Lipinski definition) is 6. The molecular formula is C16H12ClN5OS. The first kappa shape index (κ1) is 16.3. The van der Waals surface area contributed by atoms with E-state index in [1.54, 1.807) is 11.6 Å². The van der Waals surface area contributed by atoms with Crippen molar-refractivity contribution in [2.24, 2.45) is 7.05 Å². The molecule has 0 radical (unpaired) electrons. The number of para-hydroxylation sites is 2. The molecule has 0 saturated heterocycles. The topological polar surface area (TPSA) is 87.6 Å². The van der Waals surface area contributed by atoms with Gasteiger partial charge in [-0.25, -0.2) is 15.0 Å². The molecule has 3 aromatic rings. The summed E-state index contributed by atoms with van der Waals surface area (Å²) in [6.07, 6.45) is 3.21. The van der Waals surface area contributed by atoms with Crippen LogP contribution < -0.4 is 0 Å². The van der Waals surface area contributed by atoms with Crippen molar-refractivity contribution in [3.63, 3.8) is 0 Å². The highest BCUT2D eigenvalue weighted by Crippen LogP contribution is 2.29. The molecule has 0 bridgehead atoms. The molecule has 8 heteroatoms.